The summed E-state index contributed by atoms with van der Waals surface area (Å²) < 4.78 is 0. The van der Waals surface area contributed by atoms with Gasteiger partial charge in [-0.3, -0.25) is 4.79 Å². The van der Waals surface area contributed by atoms with Gasteiger partial charge < -0.3 is 10.4 Å². The SMILES string of the molecule is Cc1ncc(C(=O)N[C@H](Cc2ccccc2)C(=O)O)s1. The first kappa shape index (κ1) is 14.2. The number of amides is 1. The van der Waals surface area contributed by atoms with Crippen LogP contribution in [0.5, 0.6) is 0 Å². The molecule has 0 spiro atoms. The lowest BCUT2D eigenvalue weighted by Gasteiger charge is -2.13. The van der Waals surface area contributed by atoms with Gasteiger partial charge in [-0.2, -0.15) is 0 Å². The molecule has 0 fully saturated rings. The van der Waals surface area contributed by atoms with Gasteiger partial charge in [-0.1, -0.05) is 30.3 Å². The molecule has 1 amide bonds. The maximum Gasteiger partial charge on any atom is 0.326 e. The molecule has 2 N–H and O–H groups in total. The number of carbonyl (C=O) groups is 2. The van der Waals surface area contributed by atoms with Crippen molar-refractivity contribution < 1.29 is 14.7 Å². The van der Waals surface area contributed by atoms with Gasteiger partial charge in [0.1, 0.15) is 10.9 Å². The van der Waals surface area contributed by atoms with E-state index in [1.807, 2.05) is 30.3 Å². The van der Waals surface area contributed by atoms with Gasteiger partial charge in [0.25, 0.3) is 5.91 Å². The van der Waals surface area contributed by atoms with Gasteiger partial charge in [0, 0.05) is 6.42 Å². The Kier molecular flexibility index (Phi) is 4.47. The number of carboxylic acids is 1. The summed E-state index contributed by atoms with van der Waals surface area (Å²) in [7, 11) is 0. The Labute approximate surface area is 120 Å². The maximum absolute atomic E-state index is 12.0. The standard InChI is InChI=1S/C14H14N2O3S/c1-9-15-8-12(20-9)13(17)16-11(14(18)19)7-10-5-3-2-4-6-10/h2-6,8,11H,7H2,1H3,(H,16,17)(H,18,19)/t11-/m1/s1. The summed E-state index contributed by atoms with van der Waals surface area (Å²) >= 11 is 1.24. The summed E-state index contributed by atoms with van der Waals surface area (Å²) in [5.41, 5.74) is 0.862. The molecule has 0 aliphatic rings. The number of aromatic nitrogens is 1. The number of hydrogen-bond donors (Lipinski definition) is 2. The van der Waals surface area contributed by atoms with E-state index in [0.717, 1.165) is 10.6 Å². The number of nitrogens with zero attached hydrogens (tertiary/aromatic N) is 1. The Morgan fingerprint density at radius 3 is 2.60 bits per heavy atom. The van der Waals surface area contributed by atoms with Crippen LogP contribution in [0.15, 0.2) is 36.5 Å². The molecule has 2 aromatic rings. The van der Waals surface area contributed by atoms with Crippen molar-refractivity contribution in [1.29, 1.82) is 0 Å². The van der Waals surface area contributed by atoms with E-state index in [1.165, 1.54) is 17.5 Å². The summed E-state index contributed by atoms with van der Waals surface area (Å²) in [6.07, 6.45) is 1.70. The molecule has 0 aliphatic heterocycles. The van der Waals surface area contributed by atoms with Crippen LogP contribution in [0.1, 0.15) is 20.2 Å². The van der Waals surface area contributed by atoms with Crippen molar-refractivity contribution in [2.24, 2.45) is 0 Å². The zero-order valence-electron chi connectivity index (χ0n) is 10.9. The van der Waals surface area contributed by atoms with Gasteiger partial charge in [0.05, 0.1) is 11.2 Å². The van der Waals surface area contributed by atoms with Crippen LogP contribution in [-0.2, 0) is 11.2 Å². The third-order valence-electron chi connectivity index (χ3n) is 2.73. The van der Waals surface area contributed by atoms with Crippen LogP contribution in [0.25, 0.3) is 0 Å². The van der Waals surface area contributed by atoms with Crippen molar-refractivity contribution >= 4 is 23.2 Å². The molecular formula is C14H14N2O3S. The fourth-order valence-corrected chi connectivity index (χ4v) is 2.43. The van der Waals surface area contributed by atoms with Crippen LogP contribution in [0.4, 0.5) is 0 Å². The minimum atomic E-state index is -1.05. The topological polar surface area (TPSA) is 79.3 Å². The molecule has 0 radical (unpaired) electrons. The van der Waals surface area contributed by atoms with E-state index in [1.54, 1.807) is 6.92 Å². The van der Waals surface area contributed by atoms with E-state index in [-0.39, 0.29) is 6.42 Å². The van der Waals surface area contributed by atoms with Gasteiger partial charge in [0.15, 0.2) is 0 Å². The predicted molar refractivity (Wildman–Crippen MR) is 75.9 cm³/mol. The van der Waals surface area contributed by atoms with E-state index in [2.05, 4.69) is 10.3 Å². The third kappa shape index (κ3) is 3.64. The third-order valence-corrected chi connectivity index (χ3v) is 3.64. The fourth-order valence-electron chi connectivity index (χ4n) is 1.75. The molecule has 1 heterocycles. The Bertz CT molecular complexity index is 610. The van der Waals surface area contributed by atoms with Crippen molar-refractivity contribution in [2.45, 2.75) is 19.4 Å². The van der Waals surface area contributed by atoms with E-state index < -0.39 is 17.9 Å². The molecule has 5 nitrogen and oxygen atoms in total. The summed E-state index contributed by atoms with van der Waals surface area (Å²) in [6, 6.07) is 8.24. The van der Waals surface area contributed by atoms with E-state index in [0.29, 0.717) is 4.88 Å². The Hall–Kier alpha value is -2.21. The summed E-state index contributed by atoms with van der Waals surface area (Å²) in [5, 5.41) is 12.5. The summed E-state index contributed by atoms with van der Waals surface area (Å²) in [6.45, 7) is 1.79. The number of nitrogens with one attached hydrogen (secondary N) is 1. The van der Waals surface area contributed by atoms with E-state index >= 15 is 0 Å². The largest absolute Gasteiger partial charge is 0.480 e. The number of hydrogen-bond acceptors (Lipinski definition) is 4. The van der Waals surface area contributed by atoms with Crippen LogP contribution in [0, 0.1) is 6.92 Å². The predicted octanol–water partition coefficient (Wildman–Crippen LogP) is 1.88. The molecule has 0 unspecified atom stereocenters. The highest BCUT2D eigenvalue weighted by Gasteiger charge is 2.21. The normalized spacial score (nSPS) is 11.8. The average Bonchev–Trinajstić information content (AvgIpc) is 2.86. The average molecular weight is 290 g/mol. The van der Waals surface area contributed by atoms with Crippen molar-refractivity contribution in [3.63, 3.8) is 0 Å². The first-order chi connectivity index (χ1) is 9.56. The fraction of sp³-hybridized carbons (Fsp3) is 0.214. The highest BCUT2D eigenvalue weighted by molar-refractivity contribution is 7.13. The molecule has 1 aromatic heterocycles. The molecular weight excluding hydrogens is 276 g/mol. The molecule has 1 atom stereocenters. The summed E-state index contributed by atoms with van der Waals surface area (Å²) in [5.74, 6) is -1.46. The summed E-state index contributed by atoms with van der Waals surface area (Å²) in [4.78, 5) is 27.6. The second-order valence-electron chi connectivity index (χ2n) is 4.30. The van der Waals surface area contributed by atoms with Gasteiger partial charge in [0.2, 0.25) is 0 Å². The smallest absolute Gasteiger partial charge is 0.326 e. The van der Waals surface area contributed by atoms with Crippen LogP contribution in [0.3, 0.4) is 0 Å². The first-order valence-electron chi connectivity index (χ1n) is 6.06. The Balaban J connectivity index is 2.06. The molecule has 20 heavy (non-hydrogen) atoms. The van der Waals surface area contributed by atoms with Gasteiger partial charge in [-0.05, 0) is 12.5 Å². The number of thiazole rings is 1. The molecule has 0 saturated heterocycles. The molecule has 2 rings (SSSR count). The van der Waals surface area contributed by atoms with Gasteiger partial charge >= 0.3 is 5.97 Å². The number of benzene rings is 1. The highest BCUT2D eigenvalue weighted by Crippen LogP contribution is 2.12. The number of aryl methyl sites for hydroxylation is 1. The zero-order chi connectivity index (χ0) is 14.5. The molecule has 6 heteroatoms. The number of rotatable bonds is 5. The van der Waals surface area contributed by atoms with Crippen LogP contribution in [-0.4, -0.2) is 28.0 Å². The minimum Gasteiger partial charge on any atom is -0.480 e. The van der Waals surface area contributed by atoms with E-state index in [4.69, 9.17) is 0 Å². The number of aliphatic carboxylic acids is 1. The van der Waals surface area contributed by atoms with Crippen molar-refractivity contribution in [1.82, 2.24) is 10.3 Å². The second kappa shape index (κ2) is 6.29. The molecule has 1 aromatic carbocycles. The lowest BCUT2D eigenvalue weighted by atomic mass is 10.1. The monoisotopic (exact) mass is 290 g/mol. The number of carboxylic acid groups (broad SMARTS) is 1. The van der Waals surface area contributed by atoms with Gasteiger partial charge in [-0.15, -0.1) is 11.3 Å². The van der Waals surface area contributed by atoms with Crippen LogP contribution < -0.4 is 5.32 Å². The van der Waals surface area contributed by atoms with Gasteiger partial charge in [-0.25, -0.2) is 9.78 Å². The van der Waals surface area contributed by atoms with Crippen molar-refractivity contribution in [2.75, 3.05) is 0 Å². The maximum atomic E-state index is 12.0. The minimum absolute atomic E-state index is 0.250. The lowest BCUT2D eigenvalue weighted by Crippen LogP contribution is -2.42. The number of carbonyl (C=O) groups excluding carboxylic acids is 1. The Morgan fingerprint density at radius 1 is 1.35 bits per heavy atom. The van der Waals surface area contributed by atoms with Crippen molar-refractivity contribution in [3.8, 4) is 0 Å². The Morgan fingerprint density at radius 2 is 2.05 bits per heavy atom. The lowest BCUT2D eigenvalue weighted by molar-refractivity contribution is -0.139. The molecule has 0 bridgehead atoms. The second-order valence-corrected chi connectivity index (χ2v) is 5.53. The van der Waals surface area contributed by atoms with Crippen molar-refractivity contribution in [3.05, 3.63) is 52.0 Å². The highest BCUT2D eigenvalue weighted by atomic mass is 32.1. The molecule has 0 saturated carbocycles. The molecule has 104 valence electrons. The van der Waals surface area contributed by atoms with Crippen LogP contribution >= 0.6 is 11.3 Å². The van der Waals surface area contributed by atoms with Crippen LogP contribution in [0.2, 0.25) is 0 Å². The zero-order valence-corrected chi connectivity index (χ0v) is 11.7. The first-order valence-corrected chi connectivity index (χ1v) is 6.88. The van der Waals surface area contributed by atoms with E-state index in [9.17, 15) is 14.7 Å². The molecule has 0 aliphatic carbocycles. The quantitative estimate of drug-likeness (QED) is 0.881.